The van der Waals surface area contributed by atoms with Crippen molar-refractivity contribution in [1.82, 2.24) is 20.4 Å². The van der Waals surface area contributed by atoms with Crippen LogP contribution in [0.1, 0.15) is 32.9 Å². The SMILES string of the molecule is CNC(=O)C(NC(=O)n1nc(-c2ccc(F)c(F)c2)c2c1CCCN2CC(=O)O)C(C)(C)C. The van der Waals surface area contributed by atoms with Crippen LogP contribution in [0.4, 0.5) is 19.3 Å². The average Bonchev–Trinajstić information content (AvgIpc) is 3.13. The molecule has 0 spiro atoms. The molecule has 1 aromatic carbocycles. The number of benzene rings is 1. The van der Waals surface area contributed by atoms with Crippen LogP contribution in [0, 0.1) is 17.0 Å². The molecule has 1 unspecified atom stereocenters. The summed E-state index contributed by atoms with van der Waals surface area (Å²) in [5.74, 6) is -3.59. The second kappa shape index (κ2) is 9.16. The van der Waals surface area contributed by atoms with Crippen LogP contribution in [0.5, 0.6) is 0 Å². The van der Waals surface area contributed by atoms with Gasteiger partial charge in [0.05, 0.1) is 11.4 Å². The lowest BCUT2D eigenvalue weighted by molar-refractivity contribution is -0.135. The van der Waals surface area contributed by atoms with Gasteiger partial charge >= 0.3 is 12.0 Å². The van der Waals surface area contributed by atoms with Crippen LogP contribution in [0.3, 0.4) is 0 Å². The third kappa shape index (κ3) is 4.96. The van der Waals surface area contributed by atoms with E-state index in [9.17, 15) is 28.3 Å². The van der Waals surface area contributed by atoms with Crippen molar-refractivity contribution < 1.29 is 28.3 Å². The Morgan fingerprint density at radius 1 is 1.21 bits per heavy atom. The summed E-state index contributed by atoms with van der Waals surface area (Å²) in [5.41, 5.74) is 0.558. The summed E-state index contributed by atoms with van der Waals surface area (Å²) in [5, 5.41) is 18.9. The van der Waals surface area contributed by atoms with E-state index in [2.05, 4.69) is 15.7 Å². The van der Waals surface area contributed by atoms with Crippen LogP contribution in [-0.4, -0.2) is 59.0 Å². The molecule has 2 heterocycles. The van der Waals surface area contributed by atoms with E-state index in [0.717, 1.165) is 16.8 Å². The summed E-state index contributed by atoms with van der Waals surface area (Å²) in [7, 11) is 1.47. The lowest BCUT2D eigenvalue weighted by Gasteiger charge is -2.30. The van der Waals surface area contributed by atoms with Crippen LogP contribution in [0.2, 0.25) is 0 Å². The molecule has 0 aliphatic carbocycles. The van der Waals surface area contributed by atoms with Crippen molar-refractivity contribution in [3.8, 4) is 11.3 Å². The maximum absolute atomic E-state index is 14.0. The smallest absolute Gasteiger partial charge is 0.343 e. The Morgan fingerprint density at radius 2 is 1.91 bits per heavy atom. The Bertz CT molecular complexity index is 1090. The standard InChI is InChI=1S/C22H27F2N5O4/c1-22(2,3)19(20(32)25-4)26-21(33)29-15-6-5-9-28(11-16(30)31)18(15)17(27-29)12-7-8-13(23)14(24)10-12/h7-8,10,19H,5-6,9,11H2,1-4H3,(H,25,32)(H,26,33)(H,30,31). The Balaban J connectivity index is 2.12. The highest BCUT2D eigenvalue weighted by molar-refractivity contribution is 5.90. The van der Waals surface area contributed by atoms with E-state index >= 15 is 0 Å². The van der Waals surface area contributed by atoms with Crippen molar-refractivity contribution in [1.29, 1.82) is 0 Å². The molecule has 0 saturated carbocycles. The van der Waals surface area contributed by atoms with Gasteiger partial charge in [0.25, 0.3) is 0 Å². The third-order valence-electron chi connectivity index (χ3n) is 5.47. The van der Waals surface area contributed by atoms with E-state index in [1.165, 1.54) is 13.1 Å². The van der Waals surface area contributed by atoms with Gasteiger partial charge in [-0.1, -0.05) is 20.8 Å². The lowest BCUT2D eigenvalue weighted by atomic mass is 9.86. The number of carboxylic acid groups (broad SMARTS) is 1. The molecule has 1 aliphatic rings. The number of carbonyl (C=O) groups is 3. The number of rotatable bonds is 5. The summed E-state index contributed by atoms with van der Waals surface area (Å²) in [6.07, 6.45) is 0.977. The van der Waals surface area contributed by atoms with Crippen molar-refractivity contribution in [3.63, 3.8) is 0 Å². The van der Waals surface area contributed by atoms with Gasteiger partial charge in [0, 0.05) is 19.2 Å². The Morgan fingerprint density at radius 3 is 2.48 bits per heavy atom. The zero-order valence-corrected chi connectivity index (χ0v) is 18.9. The summed E-state index contributed by atoms with van der Waals surface area (Å²) in [6, 6.07) is 1.66. The van der Waals surface area contributed by atoms with Crippen molar-refractivity contribution >= 4 is 23.6 Å². The van der Waals surface area contributed by atoms with Gasteiger partial charge in [-0.2, -0.15) is 9.78 Å². The van der Waals surface area contributed by atoms with Gasteiger partial charge < -0.3 is 20.6 Å². The van der Waals surface area contributed by atoms with E-state index in [-0.39, 0.29) is 23.7 Å². The number of likely N-dealkylation sites (N-methyl/N-ethyl adjacent to an activating group) is 1. The first-order valence-corrected chi connectivity index (χ1v) is 10.5. The number of anilines is 1. The van der Waals surface area contributed by atoms with Crippen molar-refractivity contribution in [3.05, 3.63) is 35.5 Å². The monoisotopic (exact) mass is 463 g/mol. The maximum Gasteiger partial charge on any atom is 0.343 e. The fourth-order valence-electron chi connectivity index (χ4n) is 3.88. The maximum atomic E-state index is 14.0. The topological polar surface area (TPSA) is 117 Å². The quantitative estimate of drug-likeness (QED) is 0.627. The zero-order valence-electron chi connectivity index (χ0n) is 18.9. The van der Waals surface area contributed by atoms with Gasteiger partial charge in [-0.05, 0) is 36.5 Å². The number of halogens is 2. The van der Waals surface area contributed by atoms with Crippen LogP contribution in [0.25, 0.3) is 11.3 Å². The second-order valence-electron chi connectivity index (χ2n) is 8.97. The number of aliphatic carboxylic acids is 1. The summed E-state index contributed by atoms with van der Waals surface area (Å²) in [6.45, 7) is 5.44. The molecule has 0 radical (unpaired) electrons. The Labute approximate surface area is 189 Å². The minimum absolute atomic E-state index is 0.159. The number of hydrogen-bond donors (Lipinski definition) is 3. The predicted octanol–water partition coefficient (Wildman–Crippen LogP) is 2.38. The minimum atomic E-state index is -1.09. The number of aromatic nitrogens is 2. The summed E-state index contributed by atoms with van der Waals surface area (Å²) >= 11 is 0. The number of nitrogens with one attached hydrogen (secondary N) is 2. The first-order chi connectivity index (χ1) is 15.4. The normalized spacial score (nSPS) is 14.4. The molecule has 9 nitrogen and oxygen atoms in total. The van der Waals surface area contributed by atoms with Crippen LogP contribution in [0.15, 0.2) is 18.2 Å². The molecule has 0 saturated heterocycles. The third-order valence-corrected chi connectivity index (χ3v) is 5.47. The molecule has 2 amide bonds. The van der Waals surface area contributed by atoms with Gasteiger partial charge in [-0.25, -0.2) is 13.6 Å². The number of carboxylic acids is 1. The summed E-state index contributed by atoms with van der Waals surface area (Å²) < 4.78 is 28.6. The number of fused-ring (bicyclic) bond motifs is 1. The van der Waals surface area contributed by atoms with Crippen molar-refractivity contribution in [2.24, 2.45) is 5.41 Å². The number of carbonyl (C=O) groups excluding carboxylic acids is 2. The highest BCUT2D eigenvalue weighted by Gasteiger charge is 2.35. The summed E-state index contributed by atoms with van der Waals surface area (Å²) in [4.78, 5) is 38.6. The highest BCUT2D eigenvalue weighted by Crippen LogP contribution is 2.37. The second-order valence-corrected chi connectivity index (χ2v) is 8.97. The largest absolute Gasteiger partial charge is 0.480 e. The molecule has 0 fully saturated rings. The Hall–Kier alpha value is -3.50. The molecule has 1 aliphatic heterocycles. The predicted molar refractivity (Wildman–Crippen MR) is 117 cm³/mol. The fraction of sp³-hybridized carbons (Fsp3) is 0.455. The molecule has 11 heteroatoms. The fourth-order valence-corrected chi connectivity index (χ4v) is 3.88. The average molecular weight is 463 g/mol. The molecular formula is C22H27F2N5O4. The number of hydrogen-bond acceptors (Lipinski definition) is 5. The molecule has 3 rings (SSSR count). The molecule has 1 aromatic heterocycles. The highest BCUT2D eigenvalue weighted by atomic mass is 19.2. The molecule has 178 valence electrons. The van der Waals surface area contributed by atoms with Crippen LogP contribution in [-0.2, 0) is 16.0 Å². The van der Waals surface area contributed by atoms with E-state index < -0.39 is 35.1 Å². The van der Waals surface area contributed by atoms with Gasteiger partial charge in [-0.3, -0.25) is 9.59 Å². The van der Waals surface area contributed by atoms with E-state index in [0.29, 0.717) is 30.8 Å². The van der Waals surface area contributed by atoms with Crippen molar-refractivity contribution in [2.75, 3.05) is 25.0 Å². The first-order valence-electron chi connectivity index (χ1n) is 10.5. The molecule has 33 heavy (non-hydrogen) atoms. The van der Waals surface area contributed by atoms with E-state index in [4.69, 9.17) is 0 Å². The van der Waals surface area contributed by atoms with E-state index in [1.807, 2.05) is 0 Å². The van der Waals surface area contributed by atoms with Crippen LogP contribution < -0.4 is 15.5 Å². The minimum Gasteiger partial charge on any atom is -0.480 e. The van der Waals surface area contributed by atoms with Crippen LogP contribution >= 0.6 is 0 Å². The van der Waals surface area contributed by atoms with E-state index in [1.54, 1.807) is 25.7 Å². The zero-order chi connectivity index (χ0) is 24.5. The number of amides is 2. The Kier molecular flexibility index (Phi) is 6.71. The van der Waals surface area contributed by atoms with Gasteiger partial charge in [0.1, 0.15) is 18.3 Å². The molecule has 1 atom stereocenters. The number of nitrogens with zero attached hydrogens (tertiary/aromatic N) is 3. The van der Waals surface area contributed by atoms with Gasteiger partial charge in [0.2, 0.25) is 5.91 Å². The lowest BCUT2D eigenvalue weighted by Crippen LogP contribution is -2.54. The van der Waals surface area contributed by atoms with Gasteiger partial charge in [0.15, 0.2) is 11.6 Å². The van der Waals surface area contributed by atoms with Gasteiger partial charge in [-0.15, -0.1) is 0 Å². The molecule has 3 N–H and O–H groups in total. The molecule has 0 bridgehead atoms. The van der Waals surface area contributed by atoms with Crippen molar-refractivity contribution in [2.45, 2.75) is 39.7 Å². The molecule has 2 aromatic rings. The molecular weight excluding hydrogens is 436 g/mol. The first kappa shape index (κ1) is 24.1.